The van der Waals surface area contributed by atoms with E-state index in [-0.39, 0.29) is 5.91 Å². The Hall–Kier alpha value is -2.15. The van der Waals surface area contributed by atoms with Crippen LogP contribution >= 0.6 is 0 Å². The molecule has 2 aromatic rings. The molecule has 1 aliphatic rings. The maximum Gasteiger partial charge on any atom is 0.272 e. The maximum atomic E-state index is 12.7. The van der Waals surface area contributed by atoms with Crippen molar-refractivity contribution in [2.24, 2.45) is 0 Å². The number of hydrogen-bond acceptors (Lipinski definition) is 5. The second-order valence-electron chi connectivity index (χ2n) is 6.26. The van der Waals surface area contributed by atoms with Gasteiger partial charge < -0.3 is 9.42 Å². The average molecular weight is 331 g/mol. The molecule has 7 heteroatoms. The summed E-state index contributed by atoms with van der Waals surface area (Å²) >= 11 is 0. The van der Waals surface area contributed by atoms with Crippen molar-refractivity contribution in [1.29, 1.82) is 0 Å². The number of carbonyl (C=O) groups is 1. The Balaban J connectivity index is 1.64. The van der Waals surface area contributed by atoms with Crippen molar-refractivity contribution in [3.63, 3.8) is 0 Å². The van der Waals surface area contributed by atoms with E-state index < -0.39 is 0 Å². The molecule has 1 fully saturated rings. The van der Waals surface area contributed by atoms with Gasteiger partial charge in [-0.2, -0.15) is 5.10 Å². The van der Waals surface area contributed by atoms with Crippen LogP contribution in [0.4, 0.5) is 0 Å². The molecule has 0 aliphatic carbocycles. The van der Waals surface area contributed by atoms with Crippen LogP contribution in [0.5, 0.6) is 0 Å². The first-order chi connectivity index (χ1) is 11.6. The minimum Gasteiger partial charge on any atom is -0.361 e. The highest BCUT2D eigenvalue weighted by atomic mass is 16.5. The summed E-state index contributed by atoms with van der Waals surface area (Å²) in [6.07, 6.45) is 2.66. The fourth-order valence-corrected chi connectivity index (χ4v) is 3.21. The number of carbonyl (C=O) groups excluding carboxylic acids is 1. The minimum atomic E-state index is 0.0774. The van der Waals surface area contributed by atoms with Crippen LogP contribution in [-0.2, 0) is 13.1 Å². The summed E-state index contributed by atoms with van der Waals surface area (Å²) in [7, 11) is 0. The molecular weight excluding hydrogens is 306 g/mol. The van der Waals surface area contributed by atoms with E-state index in [1.54, 1.807) is 16.9 Å². The van der Waals surface area contributed by atoms with E-state index in [1.807, 2.05) is 25.7 Å². The first kappa shape index (κ1) is 16.7. The van der Waals surface area contributed by atoms with Gasteiger partial charge in [-0.25, -0.2) is 0 Å². The van der Waals surface area contributed by atoms with E-state index in [0.717, 1.165) is 50.6 Å². The summed E-state index contributed by atoms with van der Waals surface area (Å²) in [6, 6.07) is 1.80. The molecule has 3 rings (SSSR count). The standard InChI is InChI=1S/C17H25N5O2/c1-4-22-16(6-7-18-22)17(23)21-9-5-8-20(10-11-21)12-15-13(2)19-24-14(15)3/h6-7H,4-5,8-12H2,1-3H3. The van der Waals surface area contributed by atoms with Crippen LogP contribution in [0, 0.1) is 13.8 Å². The Morgan fingerprint density at radius 3 is 2.79 bits per heavy atom. The second-order valence-corrected chi connectivity index (χ2v) is 6.26. The maximum absolute atomic E-state index is 12.7. The van der Waals surface area contributed by atoms with Gasteiger partial charge in [0.2, 0.25) is 0 Å². The third kappa shape index (κ3) is 3.36. The summed E-state index contributed by atoms with van der Waals surface area (Å²) < 4.78 is 7.01. The van der Waals surface area contributed by atoms with E-state index in [9.17, 15) is 4.79 Å². The third-order valence-electron chi connectivity index (χ3n) is 4.67. The number of hydrogen-bond donors (Lipinski definition) is 0. The highest BCUT2D eigenvalue weighted by molar-refractivity contribution is 5.92. The Morgan fingerprint density at radius 2 is 2.08 bits per heavy atom. The van der Waals surface area contributed by atoms with Crippen molar-refractivity contribution in [2.75, 3.05) is 26.2 Å². The van der Waals surface area contributed by atoms with Gasteiger partial charge in [-0.3, -0.25) is 14.4 Å². The van der Waals surface area contributed by atoms with E-state index >= 15 is 0 Å². The Morgan fingerprint density at radius 1 is 1.25 bits per heavy atom. The lowest BCUT2D eigenvalue weighted by Crippen LogP contribution is -2.36. The van der Waals surface area contributed by atoms with Crippen LogP contribution in [0.2, 0.25) is 0 Å². The quantitative estimate of drug-likeness (QED) is 0.855. The van der Waals surface area contributed by atoms with Crippen LogP contribution in [0.15, 0.2) is 16.8 Å². The predicted molar refractivity (Wildman–Crippen MR) is 89.7 cm³/mol. The Labute approximate surface area is 142 Å². The molecule has 2 aromatic heterocycles. The molecule has 0 unspecified atom stereocenters. The summed E-state index contributed by atoms with van der Waals surface area (Å²) in [6.45, 7) is 10.8. The molecule has 0 atom stereocenters. The van der Waals surface area contributed by atoms with Gasteiger partial charge in [0.1, 0.15) is 11.5 Å². The normalized spacial score (nSPS) is 16.4. The first-order valence-electron chi connectivity index (χ1n) is 8.55. The van der Waals surface area contributed by atoms with E-state index in [0.29, 0.717) is 12.2 Å². The molecule has 0 spiro atoms. The lowest BCUT2D eigenvalue weighted by Gasteiger charge is -2.22. The van der Waals surface area contributed by atoms with Gasteiger partial charge in [0.15, 0.2) is 0 Å². The van der Waals surface area contributed by atoms with Gasteiger partial charge in [-0.05, 0) is 33.3 Å². The van der Waals surface area contributed by atoms with Crippen molar-refractivity contribution < 1.29 is 9.32 Å². The average Bonchev–Trinajstić information content (AvgIpc) is 3.09. The molecule has 130 valence electrons. The highest BCUT2D eigenvalue weighted by Crippen LogP contribution is 2.17. The molecular formula is C17H25N5O2. The number of nitrogens with zero attached hydrogens (tertiary/aromatic N) is 5. The van der Waals surface area contributed by atoms with Crippen LogP contribution in [0.25, 0.3) is 0 Å². The topological polar surface area (TPSA) is 67.4 Å². The lowest BCUT2D eigenvalue weighted by atomic mass is 10.2. The summed E-state index contributed by atoms with van der Waals surface area (Å²) in [5.41, 5.74) is 2.80. The fourth-order valence-electron chi connectivity index (χ4n) is 3.21. The van der Waals surface area contributed by atoms with Crippen molar-refractivity contribution in [3.05, 3.63) is 35.0 Å². The molecule has 0 N–H and O–H groups in total. The van der Waals surface area contributed by atoms with E-state index in [4.69, 9.17) is 4.52 Å². The highest BCUT2D eigenvalue weighted by Gasteiger charge is 2.23. The van der Waals surface area contributed by atoms with Gasteiger partial charge in [0, 0.05) is 51.0 Å². The summed E-state index contributed by atoms with van der Waals surface area (Å²) in [5, 5.41) is 8.22. The molecule has 0 bridgehead atoms. The first-order valence-corrected chi connectivity index (χ1v) is 8.55. The van der Waals surface area contributed by atoms with Crippen molar-refractivity contribution in [3.8, 4) is 0 Å². The Kier molecular flexibility index (Phi) is 4.99. The molecule has 0 aromatic carbocycles. The van der Waals surface area contributed by atoms with Crippen LogP contribution in [0.3, 0.4) is 0 Å². The number of rotatable bonds is 4. The molecule has 24 heavy (non-hydrogen) atoms. The third-order valence-corrected chi connectivity index (χ3v) is 4.67. The van der Waals surface area contributed by atoms with Crippen molar-refractivity contribution in [2.45, 2.75) is 40.3 Å². The number of aryl methyl sites for hydroxylation is 3. The van der Waals surface area contributed by atoms with Gasteiger partial charge in [-0.15, -0.1) is 0 Å². The zero-order valence-electron chi connectivity index (χ0n) is 14.7. The van der Waals surface area contributed by atoms with Gasteiger partial charge in [0.05, 0.1) is 5.69 Å². The number of amides is 1. The Bertz CT molecular complexity index is 686. The largest absolute Gasteiger partial charge is 0.361 e. The molecule has 0 radical (unpaired) electrons. The van der Waals surface area contributed by atoms with Crippen LogP contribution < -0.4 is 0 Å². The van der Waals surface area contributed by atoms with Gasteiger partial charge >= 0.3 is 0 Å². The van der Waals surface area contributed by atoms with Crippen molar-refractivity contribution in [1.82, 2.24) is 24.7 Å². The molecule has 1 aliphatic heterocycles. The summed E-state index contributed by atoms with van der Waals surface area (Å²) in [4.78, 5) is 17.1. The van der Waals surface area contributed by atoms with Gasteiger partial charge in [-0.1, -0.05) is 5.16 Å². The molecule has 1 amide bonds. The van der Waals surface area contributed by atoms with E-state index in [2.05, 4.69) is 15.2 Å². The van der Waals surface area contributed by atoms with Crippen LogP contribution in [-0.4, -0.2) is 56.8 Å². The fraction of sp³-hybridized carbons (Fsp3) is 0.588. The zero-order chi connectivity index (χ0) is 17.1. The number of aromatic nitrogens is 3. The summed E-state index contributed by atoms with van der Waals surface area (Å²) in [5.74, 6) is 0.963. The molecule has 3 heterocycles. The molecule has 0 saturated carbocycles. The smallest absolute Gasteiger partial charge is 0.272 e. The SMILES string of the molecule is CCn1nccc1C(=O)N1CCCN(Cc2c(C)noc2C)CC1. The monoisotopic (exact) mass is 331 g/mol. The lowest BCUT2D eigenvalue weighted by molar-refractivity contribution is 0.0748. The van der Waals surface area contributed by atoms with E-state index in [1.165, 1.54) is 5.56 Å². The van der Waals surface area contributed by atoms with Gasteiger partial charge in [0.25, 0.3) is 5.91 Å². The molecule has 1 saturated heterocycles. The zero-order valence-corrected chi connectivity index (χ0v) is 14.7. The predicted octanol–water partition coefficient (Wildman–Crippen LogP) is 1.86. The minimum absolute atomic E-state index is 0.0774. The van der Waals surface area contributed by atoms with Crippen molar-refractivity contribution >= 4 is 5.91 Å². The van der Waals surface area contributed by atoms with Crippen LogP contribution in [0.1, 0.15) is 40.9 Å². The second kappa shape index (κ2) is 7.17. The molecule has 7 nitrogen and oxygen atoms in total.